The molecular weight excluding hydrogens is 316 g/mol. The molecule has 23 heavy (non-hydrogen) atoms. The number of benzene rings is 1. The molecule has 7 heteroatoms. The minimum atomic E-state index is -2.93. The highest BCUT2D eigenvalue weighted by molar-refractivity contribution is 7.91. The van der Waals surface area contributed by atoms with E-state index in [1.165, 1.54) is 6.26 Å². The maximum absolute atomic E-state index is 11.4. The molecule has 1 aliphatic carbocycles. The Bertz CT molecular complexity index is 858. The maximum atomic E-state index is 11.4. The second-order valence-corrected chi connectivity index (χ2v) is 8.40. The summed E-state index contributed by atoms with van der Waals surface area (Å²) in [6, 6.07) is 6.69. The van der Waals surface area contributed by atoms with Crippen LogP contribution in [0.5, 0.6) is 0 Å². The zero-order chi connectivity index (χ0) is 16.6. The lowest BCUT2D eigenvalue weighted by Gasteiger charge is -2.34. The van der Waals surface area contributed by atoms with E-state index in [2.05, 4.69) is 10.3 Å². The van der Waals surface area contributed by atoms with Crippen molar-refractivity contribution in [3.8, 4) is 0 Å². The lowest BCUT2D eigenvalue weighted by molar-refractivity contribution is 0.0697. The number of fused-ring (bicyclic) bond motifs is 1. The molecule has 0 radical (unpaired) electrons. The van der Waals surface area contributed by atoms with Crippen molar-refractivity contribution in [1.29, 1.82) is 0 Å². The molecule has 2 aromatic rings. The summed E-state index contributed by atoms with van der Waals surface area (Å²) < 4.78 is 22.8. The van der Waals surface area contributed by atoms with Crippen molar-refractivity contribution in [3.05, 3.63) is 36.0 Å². The second kappa shape index (κ2) is 5.81. The van der Waals surface area contributed by atoms with Gasteiger partial charge in [0.15, 0.2) is 0 Å². The van der Waals surface area contributed by atoms with Gasteiger partial charge < -0.3 is 10.4 Å². The van der Waals surface area contributed by atoms with Crippen LogP contribution >= 0.6 is 0 Å². The zero-order valence-corrected chi connectivity index (χ0v) is 13.5. The van der Waals surface area contributed by atoms with Gasteiger partial charge in [0.25, 0.3) is 0 Å². The second-order valence-electron chi connectivity index (χ2n) is 6.07. The third kappa shape index (κ3) is 3.29. The Morgan fingerprint density at radius 2 is 2.09 bits per heavy atom. The number of aromatic carboxylic acids is 1. The first kappa shape index (κ1) is 15.7. The normalized spacial score (nSPS) is 20.9. The first-order chi connectivity index (χ1) is 10.8. The fourth-order valence-corrected chi connectivity index (χ4v) is 4.13. The van der Waals surface area contributed by atoms with Crippen LogP contribution < -0.4 is 5.32 Å². The fraction of sp³-hybridized carbons (Fsp3) is 0.375. The standard InChI is InChI=1S/C16H18N2O4S/c1-23(21,22)13-6-10(7-13)9-18-15-14-3-2-12(16(19)20)8-11(14)4-5-17-15/h2-5,8,10,13H,6-7,9H2,1H3,(H,17,18)(H,19,20). The molecule has 0 amide bonds. The van der Waals surface area contributed by atoms with Gasteiger partial charge in [0.05, 0.1) is 10.8 Å². The van der Waals surface area contributed by atoms with E-state index >= 15 is 0 Å². The van der Waals surface area contributed by atoms with Crippen molar-refractivity contribution in [1.82, 2.24) is 4.98 Å². The van der Waals surface area contributed by atoms with Gasteiger partial charge in [0, 0.05) is 24.4 Å². The Balaban J connectivity index is 1.71. The van der Waals surface area contributed by atoms with Gasteiger partial charge in [-0.05, 0) is 48.4 Å². The number of pyridine rings is 1. The van der Waals surface area contributed by atoms with Crippen molar-refractivity contribution >= 4 is 32.4 Å². The molecule has 0 aliphatic heterocycles. The number of nitrogens with zero attached hydrogens (tertiary/aromatic N) is 1. The number of carboxylic acids is 1. The number of rotatable bonds is 5. The average Bonchev–Trinajstić information content (AvgIpc) is 2.43. The Morgan fingerprint density at radius 3 is 2.74 bits per heavy atom. The van der Waals surface area contributed by atoms with Crippen LogP contribution in [-0.4, -0.2) is 42.5 Å². The monoisotopic (exact) mass is 334 g/mol. The first-order valence-electron chi connectivity index (χ1n) is 7.39. The molecule has 1 aromatic carbocycles. The van der Waals surface area contributed by atoms with Crippen LogP contribution in [0.2, 0.25) is 0 Å². The van der Waals surface area contributed by atoms with Crippen molar-refractivity contribution in [3.63, 3.8) is 0 Å². The average molecular weight is 334 g/mol. The summed E-state index contributed by atoms with van der Waals surface area (Å²) in [6.45, 7) is 0.665. The van der Waals surface area contributed by atoms with Gasteiger partial charge >= 0.3 is 5.97 Å². The molecule has 1 aliphatic rings. The van der Waals surface area contributed by atoms with E-state index in [-0.39, 0.29) is 10.8 Å². The molecule has 1 aromatic heterocycles. The van der Waals surface area contributed by atoms with Crippen molar-refractivity contribution in [2.24, 2.45) is 5.92 Å². The molecule has 1 saturated carbocycles. The van der Waals surface area contributed by atoms with Gasteiger partial charge in [-0.15, -0.1) is 0 Å². The van der Waals surface area contributed by atoms with Gasteiger partial charge in [-0.25, -0.2) is 18.2 Å². The Hall–Kier alpha value is -2.15. The molecule has 0 bridgehead atoms. The number of carboxylic acid groups (broad SMARTS) is 1. The summed E-state index contributed by atoms with van der Waals surface area (Å²) in [5, 5.41) is 13.7. The summed E-state index contributed by atoms with van der Waals surface area (Å²) in [4.78, 5) is 15.3. The van der Waals surface area contributed by atoms with E-state index in [0.29, 0.717) is 31.1 Å². The Kier molecular flexibility index (Phi) is 3.97. The van der Waals surface area contributed by atoms with E-state index < -0.39 is 15.8 Å². The Labute approximate surface area is 134 Å². The van der Waals surface area contributed by atoms with E-state index in [1.54, 1.807) is 30.5 Å². The van der Waals surface area contributed by atoms with Gasteiger partial charge in [0.1, 0.15) is 15.7 Å². The maximum Gasteiger partial charge on any atom is 0.335 e. The van der Waals surface area contributed by atoms with Gasteiger partial charge in [-0.3, -0.25) is 0 Å². The molecule has 122 valence electrons. The summed E-state index contributed by atoms with van der Waals surface area (Å²) >= 11 is 0. The quantitative estimate of drug-likeness (QED) is 0.870. The summed E-state index contributed by atoms with van der Waals surface area (Å²) in [5.41, 5.74) is 0.240. The number of aromatic nitrogens is 1. The minimum absolute atomic E-state index is 0.215. The van der Waals surface area contributed by atoms with E-state index in [4.69, 9.17) is 5.11 Å². The number of anilines is 1. The summed E-state index contributed by atoms with van der Waals surface area (Å²) in [7, 11) is -2.93. The molecule has 0 saturated heterocycles. The lowest BCUT2D eigenvalue weighted by Crippen LogP contribution is -2.38. The van der Waals surface area contributed by atoms with E-state index in [1.807, 2.05) is 0 Å². The SMILES string of the molecule is CS(=O)(=O)C1CC(CNc2nccc3cc(C(=O)O)ccc23)C1. The lowest BCUT2D eigenvalue weighted by atomic mass is 9.85. The van der Waals surface area contributed by atoms with Crippen molar-refractivity contribution < 1.29 is 18.3 Å². The van der Waals surface area contributed by atoms with E-state index in [0.717, 1.165) is 10.8 Å². The van der Waals surface area contributed by atoms with E-state index in [9.17, 15) is 13.2 Å². The molecule has 0 spiro atoms. The predicted octanol–water partition coefficient (Wildman–Crippen LogP) is 2.17. The number of sulfone groups is 1. The van der Waals surface area contributed by atoms with Gasteiger partial charge in [-0.2, -0.15) is 0 Å². The third-order valence-electron chi connectivity index (χ3n) is 4.37. The van der Waals surface area contributed by atoms with Crippen LogP contribution in [0, 0.1) is 5.92 Å². The molecule has 6 nitrogen and oxygen atoms in total. The number of hydrogen-bond acceptors (Lipinski definition) is 5. The van der Waals surface area contributed by atoms with Crippen molar-refractivity contribution in [2.45, 2.75) is 18.1 Å². The van der Waals surface area contributed by atoms with Gasteiger partial charge in [0.2, 0.25) is 0 Å². The molecule has 1 fully saturated rings. The minimum Gasteiger partial charge on any atom is -0.478 e. The highest BCUT2D eigenvalue weighted by Crippen LogP contribution is 2.33. The number of nitrogens with one attached hydrogen (secondary N) is 1. The van der Waals surface area contributed by atoms with Crippen LogP contribution in [0.4, 0.5) is 5.82 Å². The number of hydrogen-bond donors (Lipinski definition) is 2. The third-order valence-corrected chi connectivity index (χ3v) is 5.96. The van der Waals surface area contributed by atoms with Crippen LogP contribution in [0.1, 0.15) is 23.2 Å². The molecule has 3 rings (SSSR count). The summed E-state index contributed by atoms with van der Waals surface area (Å²) in [6.07, 6.45) is 4.28. The van der Waals surface area contributed by atoms with Crippen molar-refractivity contribution in [2.75, 3.05) is 18.1 Å². The molecule has 2 N–H and O–H groups in total. The molecular formula is C16H18N2O4S. The molecule has 1 heterocycles. The number of carbonyl (C=O) groups is 1. The Morgan fingerprint density at radius 1 is 1.35 bits per heavy atom. The van der Waals surface area contributed by atoms with Crippen LogP contribution in [0.3, 0.4) is 0 Å². The van der Waals surface area contributed by atoms with Gasteiger partial charge in [-0.1, -0.05) is 0 Å². The molecule has 0 unspecified atom stereocenters. The zero-order valence-electron chi connectivity index (χ0n) is 12.7. The largest absolute Gasteiger partial charge is 0.478 e. The first-order valence-corrected chi connectivity index (χ1v) is 9.35. The smallest absolute Gasteiger partial charge is 0.335 e. The predicted molar refractivity (Wildman–Crippen MR) is 88.5 cm³/mol. The van der Waals surface area contributed by atoms with Crippen LogP contribution in [-0.2, 0) is 9.84 Å². The summed E-state index contributed by atoms with van der Waals surface area (Å²) in [5.74, 6) is 0.0619. The highest BCUT2D eigenvalue weighted by atomic mass is 32.2. The fourth-order valence-electron chi connectivity index (χ4n) is 2.88. The molecule has 0 atom stereocenters. The highest BCUT2D eigenvalue weighted by Gasteiger charge is 2.35. The van der Waals surface area contributed by atoms with Crippen LogP contribution in [0.25, 0.3) is 10.8 Å². The topological polar surface area (TPSA) is 96.4 Å². The van der Waals surface area contributed by atoms with Crippen LogP contribution in [0.15, 0.2) is 30.5 Å².